The first-order valence-electron chi connectivity index (χ1n) is 9.40. The fourth-order valence-corrected chi connectivity index (χ4v) is 3.42. The third-order valence-corrected chi connectivity index (χ3v) is 4.97. The third kappa shape index (κ3) is 4.41. The fraction of sp³-hybridized carbons (Fsp3) is 0.130. The van der Waals surface area contributed by atoms with E-state index in [0.717, 1.165) is 5.56 Å². The molecule has 3 aromatic rings. The lowest BCUT2D eigenvalue weighted by atomic mass is 10.1. The Hall–Kier alpha value is -3.71. The Morgan fingerprint density at radius 2 is 1.77 bits per heavy atom. The second-order valence-corrected chi connectivity index (χ2v) is 7.26. The molecule has 0 radical (unpaired) electrons. The Kier molecular flexibility index (Phi) is 5.68. The van der Waals surface area contributed by atoms with E-state index in [1.54, 1.807) is 61.7 Å². The molecule has 1 aliphatic rings. The highest BCUT2D eigenvalue weighted by atomic mass is 35.5. The van der Waals surface area contributed by atoms with Gasteiger partial charge in [-0.1, -0.05) is 17.7 Å². The largest absolute Gasteiger partial charge is 0.493 e. The van der Waals surface area contributed by atoms with Gasteiger partial charge in [0.05, 0.1) is 31.9 Å². The summed E-state index contributed by atoms with van der Waals surface area (Å²) in [5.74, 6) is 1.42. The van der Waals surface area contributed by atoms with E-state index in [-0.39, 0.29) is 18.2 Å². The molecular formula is C23H19ClN2O5. The molecule has 0 saturated heterocycles. The number of halogens is 1. The first-order valence-corrected chi connectivity index (χ1v) is 9.78. The van der Waals surface area contributed by atoms with E-state index >= 15 is 0 Å². The number of carbonyl (C=O) groups excluding carboxylic acids is 2. The number of rotatable bonds is 5. The highest BCUT2D eigenvalue weighted by molar-refractivity contribution is 6.31. The van der Waals surface area contributed by atoms with Crippen LogP contribution in [0.25, 0.3) is 0 Å². The van der Waals surface area contributed by atoms with Gasteiger partial charge in [0.2, 0.25) is 5.91 Å². The van der Waals surface area contributed by atoms with E-state index < -0.39 is 0 Å². The highest BCUT2D eigenvalue weighted by Crippen LogP contribution is 2.38. The number of fused-ring (bicyclic) bond motifs is 2. The van der Waals surface area contributed by atoms with Crippen LogP contribution in [0.2, 0.25) is 5.02 Å². The van der Waals surface area contributed by atoms with E-state index in [2.05, 4.69) is 10.6 Å². The molecule has 4 rings (SSSR count). The van der Waals surface area contributed by atoms with Crippen molar-refractivity contribution in [2.75, 3.05) is 24.9 Å². The Labute approximate surface area is 183 Å². The van der Waals surface area contributed by atoms with Crippen molar-refractivity contribution in [3.05, 3.63) is 70.7 Å². The second-order valence-electron chi connectivity index (χ2n) is 6.82. The molecule has 0 spiro atoms. The van der Waals surface area contributed by atoms with Gasteiger partial charge in [-0.3, -0.25) is 9.59 Å². The van der Waals surface area contributed by atoms with Gasteiger partial charge >= 0.3 is 0 Å². The summed E-state index contributed by atoms with van der Waals surface area (Å²) in [6.45, 7) is 0. The lowest BCUT2D eigenvalue weighted by Gasteiger charge is -2.11. The number of anilines is 2. The molecule has 0 unspecified atom stereocenters. The summed E-state index contributed by atoms with van der Waals surface area (Å²) in [4.78, 5) is 25.2. The van der Waals surface area contributed by atoms with Gasteiger partial charge in [-0.15, -0.1) is 0 Å². The molecule has 0 aromatic heterocycles. The van der Waals surface area contributed by atoms with Crippen LogP contribution in [0, 0.1) is 0 Å². The lowest BCUT2D eigenvalue weighted by Crippen LogP contribution is -2.16. The maximum absolute atomic E-state index is 12.7. The Bertz CT molecular complexity index is 1180. The minimum absolute atomic E-state index is 0.129. The van der Waals surface area contributed by atoms with Crippen molar-refractivity contribution in [3.8, 4) is 23.0 Å². The van der Waals surface area contributed by atoms with Crippen LogP contribution in [0.3, 0.4) is 0 Å². The molecule has 0 aliphatic carbocycles. The van der Waals surface area contributed by atoms with Gasteiger partial charge in [0.25, 0.3) is 5.91 Å². The molecule has 0 fully saturated rings. The molecule has 7 nitrogen and oxygen atoms in total. The number of methoxy groups -OCH3 is 2. The number of hydrogen-bond donors (Lipinski definition) is 2. The summed E-state index contributed by atoms with van der Waals surface area (Å²) in [6.07, 6.45) is 0.129. The summed E-state index contributed by atoms with van der Waals surface area (Å²) in [5, 5.41) is 6.07. The van der Waals surface area contributed by atoms with E-state index in [4.69, 9.17) is 25.8 Å². The molecule has 1 aliphatic heterocycles. The van der Waals surface area contributed by atoms with Crippen molar-refractivity contribution in [3.63, 3.8) is 0 Å². The van der Waals surface area contributed by atoms with Crippen molar-refractivity contribution < 1.29 is 23.8 Å². The van der Waals surface area contributed by atoms with Gasteiger partial charge in [-0.05, 0) is 54.1 Å². The van der Waals surface area contributed by atoms with Crippen LogP contribution in [0.5, 0.6) is 23.0 Å². The summed E-state index contributed by atoms with van der Waals surface area (Å²) >= 11 is 6.00. The van der Waals surface area contributed by atoms with Crippen molar-refractivity contribution in [2.24, 2.45) is 0 Å². The molecule has 8 heteroatoms. The Morgan fingerprint density at radius 3 is 2.55 bits per heavy atom. The summed E-state index contributed by atoms with van der Waals surface area (Å²) in [5.41, 5.74) is 2.02. The fourth-order valence-electron chi connectivity index (χ4n) is 3.25. The molecule has 0 saturated carbocycles. The molecule has 2 amide bonds. The molecule has 2 N–H and O–H groups in total. The Morgan fingerprint density at radius 1 is 1.00 bits per heavy atom. The maximum atomic E-state index is 12.7. The average molecular weight is 439 g/mol. The minimum atomic E-state index is -0.355. The van der Waals surface area contributed by atoms with Crippen molar-refractivity contribution >= 4 is 34.8 Å². The Balaban J connectivity index is 1.51. The first kappa shape index (κ1) is 20.6. The van der Waals surface area contributed by atoms with Gasteiger partial charge in [-0.25, -0.2) is 0 Å². The van der Waals surface area contributed by atoms with Crippen LogP contribution in [-0.4, -0.2) is 26.0 Å². The van der Waals surface area contributed by atoms with Gasteiger partial charge in [0.15, 0.2) is 17.2 Å². The van der Waals surface area contributed by atoms with Crippen molar-refractivity contribution in [1.82, 2.24) is 0 Å². The van der Waals surface area contributed by atoms with E-state index in [0.29, 0.717) is 45.0 Å². The monoisotopic (exact) mass is 438 g/mol. The molecule has 0 atom stereocenters. The maximum Gasteiger partial charge on any atom is 0.259 e. The van der Waals surface area contributed by atoms with Gasteiger partial charge < -0.3 is 24.8 Å². The number of nitrogens with one attached hydrogen (secondary N) is 2. The van der Waals surface area contributed by atoms with Crippen LogP contribution < -0.4 is 24.8 Å². The van der Waals surface area contributed by atoms with Gasteiger partial charge in [0, 0.05) is 10.7 Å². The van der Waals surface area contributed by atoms with E-state index in [9.17, 15) is 9.59 Å². The standard InChI is InChI=1S/C23H19ClN2O5/c1-29-20-6-3-13(9-21(20)30-2)10-22(27)25-15-5-8-18-16(12-15)23(28)26-17-11-14(24)4-7-19(17)31-18/h3-9,11-12H,10H2,1-2H3,(H,25,27)(H,26,28). The molecule has 1 heterocycles. The molecule has 3 aromatic carbocycles. The van der Waals surface area contributed by atoms with Gasteiger partial charge in [-0.2, -0.15) is 0 Å². The zero-order valence-corrected chi connectivity index (χ0v) is 17.6. The van der Waals surface area contributed by atoms with Crippen molar-refractivity contribution in [1.29, 1.82) is 0 Å². The minimum Gasteiger partial charge on any atom is -0.493 e. The number of amides is 2. The summed E-state index contributed by atoms with van der Waals surface area (Å²) in [7, 11) is 3.09. The zero-order valence-electron chi connectivity index (χ0n) is 16.8. The predicted octanol–water partition coefficient (Wildman–Crippen LogP) is 4.90. The highest BCUT2D eigenvalue weighted by Gasteiger charge is 2.22. The van der Waals surface area contributed by atoms with Crippen LogP contribution in [-0.2, 0) is 11.2 Å². The smallest absolute Gasteiger partial charge is 0.259 e. The molecule has 158 valence electrons. The molecular weight excluding hydrogens is 420 g/mol. The SMILES string of the molecule is COc1ccc(CC(=O)Nc2ccc3c(c2)C(=O)Nc2cc(Cl)ccc2O3)cc1OC. The number of hydrogen-bond acceptors (Lipinski definition) is 5. The van der Waals surface area contributed by atoms with Crippen LogP contribution in [0.1, 0.15) is 15.9 Å². The first-order chi connectivity index (χ1) is 15.0. The van der Waals surface area contributed by atoms with Gasteiger partial charge in [0.1, 0.15) is 5.75 Å². The van der Waals surface area contributed by atoms with E-state index in [1.807, 2.05) is 0 Å². The molecule has 31 heavy (non-hydrogen) atoms. The van der Waals surface area contributed by atoms with E-state index in [1.165, 1.54) is 7.11 Å². The number of ether oxygens (including phenoxy) is 3. The predicted molar refractivity (Wildman–Crippen MR) is 118 cm³/mol. The summed E-state index contributed by atoms with van der Waals surface area (Å²) in [6, 6.07) is 15.2. The normalized spacial score (nSPS) is 11.9. The van der Waals surface area contributed by atoms with Crippen LogP contribution >= 0.6 is 11.6 Å². The number of carbonyl (C=O) groups is 2. The van der Waals surface area contributed by atoms with Crippen LogP contribution in [0.15, 0.2) is 54.6 Å². The summed E-state index contributed by atoms with van der Waals surface area (Å²) < 4.78 is 16.3. The quantitative estimate of drug-likeness (QED) is 0.592. The van der Waals surface area contributed by atoms with Crippen molar-refractivity contribution in [2.45, 2.75) is 6.42 Å². The average Bonchev–Trinajstić information content (AvgIpc) is 2.89. The number of benzene rings is 3. The third-order valence-electron chi connectivity index (χ3n) is 4.73. The second kappa shape index (κ2) is 8.57. The lowest BCUT2D eigenvalue weighted by molar-refractivity contribution is -0.115. The topological polar surface area (TPSA) is 85.9 Å². The zero-order chi connectivity index (χ0) is 22.0. The molecule has 0 bridgehead atoms. The van der Waals surface area contributed by atoms with Crippen LogP contribution in [0.4, 0.5) is 11.4 Å².